The molecule has 0 radical (unpaired) electrons. The number of fused-ring (bicyclic) bond motifs is 3. The Balaban J connectivity index is 1.88. The maximum Gasteiger partial charge on any atom is 0.269 e. The van der Waals surface area contributed by atoms with E-state index in [1.807, 2.05) is 13.8 Å². The van der Waals surface area contributed by atoms with E-state index in [1.54, 1.807) is 47.5 Å². The van der Waals surface area contributed by atoms with E-state index in [1.165, 1.54) is 10.2 Å². The highest BCUT2D eigenvalue weighted by Gasteiger charge is 2.22. The second-order valence-corrected chi connectivity index (χ2v) is 8.56. The Morgan fingerprint density at radius 3 is 2.61 bits per heavy atom. The Kier molecular flexibility index (Phi) is 4.56. The fourth-order valence-corrected chi connectivity index (χ4v) is 4.49. The van der Waals surface area contributed by atoms with Crippen LogP contribution < -0.4 is 11.2 Å². The lowest BCUT2D eigenvalue weighted by Gasteiger charge is -2.17. The van der Waals surface area contributed by atoms with E-state index in [0.29, 0.717) is 23.1 Å². The molecule has 0 fully saturated rings. The van der Waals surface area contributed by atoms with Crippen LogP contribution in [0.2, 0.25) is 0 Å². The van der Waals surface area contributed by atoms with Crippen molar-refractivity contribution >= 4 is 32.1 Å². The van der Waals surface area contributed by atoms with Gasteiger partial charge in [-0.2, -0.15) is 0 Å². The minimum absolute atomic E-state index is 0.0824. The van der Waals surface area contributed by atoms with Crippen LogP contribution in [0.25, 0.3) is 22.1 Å². The Morgan fingerprint density at radius 2 is 1.93 bits per heavy atom. The SMILES string of the molecule is CCC(CN)Nn1cnc2cnc3c(ccn3S(=O)(=O)c3ccc(C)cc3)c21. The van der Waals surface area contributed by atoms with Crippen molar-refractivity contribution in [1.82, 2.24) is 18.6 Å². The van der Waals surface area contributed by atoms with Gasteiger partial charge in [-0.05, 0) is 31.5 Å². The summed E-state index contributed by atoms with van der Waals surface area (Å²) in [6, 6.07) is 8.60. The van der Waals surface area contributed by atoms with Gasteiger partial charge in [-0.1, -0.05) is 24.6 Å². The molecular weight excluding hydrogens is 376 g/mol. The zero-order valence-electron chi connectivity index (χ0n) is 15.7. The Bertz CT molecular complexity index is 1240. The molecule has 0 spiro atoms. The lowest BCUT2D eigenvalue weighted by Crippen LogP contribution is -2.33. The van der Waals surface area contributed by atoms with Crippen LogP contribution in [-0.2, 0) is 10.0 Å². The third kappa shape index (κ3) is 2.92. The highest BCUT2D eigenvalue weighted by molar-refractivity contribution is 7.90. The number of rotatable bonds is 6. The second-order valence-electron chi connectivity index (χ2n) is 6.74. The van der Waals surface area contributed by atoms with E-state index >= 15 is 0 Å². The molecule has 0 bridgehead atoms. The van der Waals surface area contributed by atoms with Gasteiger partial charge in [0.25, 0.3) is 10.0 Å². The fraction of sp³-hybridized carbons (Fsp3) is 0.263. The quantitative estimate of drug-likeness (QED) is 0.516. The second kappa shape index (κ2) is 6.92. The molecule has 3 N–H and O–H groups in total. The monoisotopic (exact) mass is 398 g/mol. The van der Waals surface area contributed by atoms with Crippen molar-refractivity contribution < 1.29 is 8.42 Å². The minimum atomic E-state index is -3.75. The van der Waals surface area contributed by atoms with Crippen molar-refractivity contribution in [2.24, 2.45) is 5.73 Å². The van der Waals surface area contributed by atoms with Gasteiger partial charge in [-0.25, -0.2) is 27.0 Å². The zero-order chi connectivity index (χ0) is 19.9. The van der Waals surface area contributed by atoms with Crippen molar-refractivity contribution in [1.29, 1.82) is 0 Å². The summed E-state index contributed by atoms with van der Waals surface area (Å²) in [5.74, 6) is 0. The van der Waals surface area contributed by atoms with Gasteiger partial charge in [0, 0.05) is 18.1 Å². The minimum Gasteiger partial charge on any atom is -0.328 e. The molecule has 8 nitrogen and oxygen atoms in total. The number of hydrogen-bond donors (Lipinski definition) is 2. The molecule has 0 amide bonds. The smallest absolute Gasteiger partial charge is 0.269 e. The topological polar surface area (TPSA) is 108 Å². The number of nitrogens with zero attached hydrogens (tertiary/aromatic N) is 4. The highest BCUT2D eigenvalue weighted by Crippen LogP contribution is 2.26. The van der Waals surface area contributed by atoms with Gasteiger partial charge in [0.15, 0.2) is 5.65 Å². The lowest BCUT2D eigenvalue weighted by molar-refractivity contribution is 0.589. The molecule has 146 valence electrons. The largest absolute Gasteiger partial charge is 0.328 e. The molecule has 1 unspecified atom stereocenters. The molecule has 0 aliphatic heterocycles. The Labute approximate surface area is 163 Å². The van der Waals surface area contributed by atoms with E-state index in [2.05, 4.69) is 15.4 Å². The van der Waals surface area contributed by atoms with E-state index in [9.17, 15) is 8.42 Å². The molecule has 28 heavy (non-hydrogen) atoms. The first-order valence-electron chi connectivity index (χ1n) is 9.07. The summed E-state index contributed by atoms with van der Waals surface area (Å²) in [5, 5.41) is 0.699. The molecule has 0 saturated heterocycles. The van der Waals surface area contributed by atoms with Crippen LogP contribution in [0.1, 0.15) is 18.9 Å². The molecular formula is C19H22N6O2S. The molecule has 0 saturated carbocycles. The molecule has 1 atom stereocenters. The zero-order valence-corrected chi connectivity index (χ0v) is 16.5. The van der Waals surface area contributed by atoms with Gasteiger partial charge >= 0.3 is 0 Å². The van der Waals surface area contributed by atoms with Crippen LogP contribution in [0.15, 0.2) is 53.9 Å². The third-order valence-corrected chi connectivity index (χ3v) is 6.54. The molecule has 4 rings (SSSR count). The highest BCUT2D eigenvalue weighted by atomic mass is 32.2. The molecule has 0 aliphatic rings. The number of nitrogens with one attached hydrogen (secondary N) is 1. The standard InChI is InChI=1S/C19H22N6O2S/c1-3-14(10-20)23-24-12-22-17-11-21-19-16(18(17)24)8-9-25(19)28(26,27)15-6-4-13(2)5-7-15/h4-9,11-12,14,23H,3,10,20H2,1-2H3. The van der Waals surface area contributed by atoms with Crippen LogP contribution in [0.4, 0.5) is 0 Å². The van der Waals surface area contributed by atoms with Crippen molar-refractivity contribution in [2.75, 3.05) is 12.0 Å². The van der Waals surface area contributed by atoms with Gasteiger partial charge in [-0.15, -0.1) is 0 Å². The maximum atomic E-state index is 13.1. The lowest BCUT2D eigenvalue weighted by atomic mass is 10.2. The number of hydrogen-bond acceptors (Lipinski definition) is 6. The predicted molar refractivity (Wildman–Crippen MR) is 109 cm³/mol. The van der Waals surface area contributed by atoms with Gasteiger partial charge < -0.3 is 11.2 Å². The predicted octanol–water partition coefficient (Wildman–Crippen LogP) is 2.21. The van der Waals surface area contributed by atoms with E-state index < -0.39 is 10.0 Å². The number of imidazole rings is 1. The Morgan fingerprint density at radius 1 is 1.18 bits per heavy atom. The third-order valence-electron chi connectivity index (χ3n) is 4.86. The van der Waals surface area contributed by atoms with Crippen molar-refractivity contribution in [3.8, 4) is 0 Å². The van der Waals surface area contributed by atoms with Crippen LogP contribution in [0, 0.1) is 6.92 Å². The summed E-state index contributed by atoms with van der Waals surface area (Å²) in [6.45, 7) is 4.44. The molecule has 3 heterocycles. The average Bonchev–Trinajstić information content (AvgIpc) is 3.30. The molecule has 1 aromatic carbocycles. The van der Waals surface area contributed by atoms with Crippen LogP contribution in [0.3, 0.4) is 0 Å². The van der Waals surface area contributed by atoms with E-state index in [4.69, 9.17) is 5.73 Å². The number of pyridine rings is 1. The molecule has 9 heteroatoms. The first-order chi connectivity index (χ1) is 13.5. The number of aromatic nitrogens is 4. The molecule has 4 aromatic rings. The van der Waals surface area contributed by atoms with Crippen molar-refractivity contribution in [3.05, 3.63) is 54.6 Å². The van der Waals surface area contributed by atoms with Crippen molar-refractivity contribution in [2.45, 2.75) is 31.2 Å². The van der Waals surface area contributed by atoms with Gasteiger partial charge in [0.05, 0.1) is 17.1 Å². The summed E-state index contributed by atoms with van der Waals surface area (Å²) in [5.41, 5.74) is 11.9. The van der Waals surface area contributed by atoms with Gasteiger partial charge in [-0.3, -0.25) is 0 Å². The van der Waals surface area contributed by atoms with Gasteiger partial charge in [0.2, 0.25) is 0 Å². The summed E-state index contributed by atoms with van der Waals surface area (Å²) >= 11 is 0. The fourth-order valence-electron chi connectivity index (χ4n) is 3.19. The number of benzene rings is 1. The van der Waals surface area contributed by atoms with E-state index in [-0.39, 0.29) is 10.9 Å². The number of aryl methyl sites for hydroxylation is 1. The van der Waals surface area contributed by atoms with E-state index in [0.717, 1.165) is 17.5 Å². The van der Waals surface area contributed by atoms with Crippen molar-refractivity contribution in [3.63, 3.8) is 0 Å². The van der Waals surface area contributed by atoms with Crippen LogP contribution >= 0.6 is 0 Å². The summed E-state index contributed by atoms with van der Waals surface area (Å²) in [7, 11) is -3.75. The molecule has 3 aromatic heterocycles. The first kappa shape index (κ1) is 18.5. The maximum absolute atomic E-state index is 13.1. The molecule has 0 aliphatic carbocycles. The van der Waals surface area contributed by atoms with Crippen LogP contribution in [0.5, 0.6) is 0 Å². The number of nitrogens with two attached hydrogens (primary N) is 1. The Hall–Kier alpha value is -2.91. The first-order valence-corrected chi connectivity index (χ1v) is 10.5. The summed E-state index contributed by atoms with van der Waals surface area (Å²) in [6.07, 6.45) is 5.63. The summed E-state index contributed by atoms with van der Waals surface area (Å²) in [4.78, 5) is 8.96. The van der Waals surface area contributed by atoms with Crippen LogP contribution in [-0.4, -0.2) is 39.6 Å². The normalized spacial score (nSPS) is 13.2. The average molecular weight is 398 g/mol. The summed E-state index contributed by atoms with van der Waals surface area (Å²) < 4.78 is 29.2. The van der Waals surface area contributed by atoms with Gasteiger partial charge in [0.1, 0.15) is 17.4 Å².